The van der Waals surface area contributed by atoms with Gasteiger partial charge in [0.2, 0.25) is 0 Å². The molecule has 3 heteroatoms. The van der Waals surface area contributed by atoms with Gasteiger partial charge in [-0.15, -0.1) is 0 Å². The molecule has 0 aliphatic heterocycles. The quantitative estimate of drug-likeness (QED) is 0.671. The van der Waals surface area contributed by atoms with Crippen LogP contribution in [0.3, 0.4) is 0 Å². The highest BCUT2D eigenvalue weighted by Gasteiger charge is 2.09. The number of methoxy groups -OCH3 is 1. The standard InChI is InChI=1S/C11H17NO2/c1-4-10-7-9(2)12(5-6-14-3)11(10)8-13/h7-8H,4-6H2,1-3H3. The molecule has 0 aromatic carbocycles. The fourth-order valence-electron chi connectivity index (χ4n) is 1.67. The number of aryl methyl sites for hydroxylation is 2. The van der Waals surface area contributed by atoms with E-state index < -0.39 is 0 Å². The van der Waals surface area contributed by atoms with Crippen LogP contribution in [0.5, 0.6) is 0 Å². The molecule has 0 spiro atoms. The van der Waals surface area contributed by atoms with Crippen LogP contribution in [0, 0.1) is 6.92 Å². The maximum atomic E-state index is 10.9. The molecule has 0 unspecified atom stereocenters. The van der Waals surface area contributed by atoms with Gasteiger partial charge < -0.3 is 9.30 Å². The summed E-state index contributed by atoms with van der Waals surface area (Å²) in [6, 6.07) is 2.07. The number of nitrogens with zero attached hydrogens (tertiary/aromatic N) is 1. The minimum atomic E-state index is 0.638. The Kier molecular flexibility index (Phi) is 3.89. The molecule has 0 aliphatic carbocycles. The molecule has 0 aliphatic rings. The predicted molar refractivity (Wildman–Crippen MR) is 55.8 cm³/mol. The van der Waals surface area contributed by atoms with E-state index in [-0.39, 0.29) is 0 Å². The molecular weight excluding hydrogens is 178 g/mol. The topological polar surface area (TPSA) is 31.2 Å². The van der Waals surface area contributed by atoms with Crippen molar-refractivity contribution in [2.45, 2.75) is 26.8 Å². The second kappa shape index (κ2) is 4.96. The van der Waals surface area contributed by atoms with Crippen molar-refractivity contribution in [3.05, 3.63) is 23.0 Å². The molecular formula is C11H17NO2. The third-order valence-corrected chi connectivity index (χ3v) is 2.44. The van der Waals surface area contributed by atoms with Crippen LogP contribution in [0.1, 0.15) is 28.7 Å². The molecule has 0 amide bonds. The summed E-state index contributed by atoms with van der Waals surface area (Å²) in [4.78, 5) is 10.9. The molecule has 78 valence electrons. The van der Waals surface area contributed by atoms with Crippen molar-refractivity contribution < 1.29 is 9.53 Å². The zero-order valence-electron chi connectivity index (χ0n) is 9.04. The highest BCUT2D eigenvalue weighted by Crippen LogP contribution is 2.14. The van der Waals surface area contributed by atoms with Gasteiger partial charge in [-0.25, -0.2) is 0 Å². The summed E-state index contributed by atoms with van der Waals surface area (Å²) in [5, 5.41) is 0. The van der Waals surface area contributed by atoms with Gasteiger partial charge in [0.15, 0.2) is 6.29 Å². The molecule has 0 atom stereocenters. The van der Waals surface area contributed by atoms with Crippen molar-refractivity contribution in [2.24, 2.45) is 0 Å². The average Bonchev–Trinajstić information content (AvgIpc) is 2.51. The predicted octanol–water partition coefficient (Wildman–Crippen LogP) is 1.82. The molecule has 14 heavy (non-hydrogen) atoms. The summed E-state index contributed by atoms with van der Waals surface area (Å²) in [7, 11) is 1.67. The van der Waals surface area contributed by atoms with Crippen LogP contribution >= 0.6 is 0 Å². The zero-order valence-corrected chi connectivity index (χ0v) is 9.04. The highest BCUT2D eigenvalue weighted by atomic mass is 16.5. The molecule has 0 fully saturated rings. The molecule has 1 rings (SSSR count). The summed E-state index contributed by atoms with van der Waals surface area (Å²) in [6.07, 6.45) is 1.83. The van der Waals surface area contributed by atoms with E-state index in [1.54, 1.807) is 7.11 Å². The van der Waals surface area contributed by atoms with Crippen LogP contribution in [0.2, 0.25) is 0 Å². The first-order chi connectivity index (χ1) is 6.74. The van der Waals surface area contributed by atoms with Crippen LogP contribution in [-0.4, -0.2) is 24.6 Å². The number of aromatic nitrogens is 1. The first-order valence-corrected chi connectivity index (χ1v) is 4.87. The van der Waals surface area contributed by atoms with E-state index in [2.05, 4.69) is 13.0 Å². The van der Waals surface area contributed by atoms with Crippen molar-refractivity contribution in [3.8, 4) is 0 Å². The lowest BCUT2D eigenvalue weighted by Crippen LogP contribution is -2.09. The molecule has 1 heterocycles. The molecule has 0 saturated carbocycles. The van der Waals surface area contributed by atoms with Gasteiger partial charge in [-0.3, -0.25) is 4.79 Å². The number of hydrogen-bond acceptors (Lipinski definition) is 2. The Morgan fingerprint density at radius 3 is 2.79 bits per heavy atom. The summed E-state index contributed by atoms with van der Waals surface area (Å²) >= 11 is 0. The van der Waals surface area contributed by atoms with E-state index in [4.69, 9.17) is 4.74 Å². The number of carbonyl (C=O) groups excluding carboxylic acids is 1. The Balaban J connectivity index is 2.99. The Labute approximate surface area is 84.7 Å². The SMILES string of the molecule is CCc1cc(C)n(CCOC)c1C=O. The van der Waals surface area contributed by atoms with Gasteiger partial charge in [0.25, 0.3) is 0 Å². The van der Waals surface area contributed by atoms with E-state index in [9.17, 15) is 4.79 Å². The van der Waals surface area contributed by atoms with Crippen LogP contribution in [0.25, 0.3) is 0 Å². The van der Waals surface area contributed by atoms with Crippen LogP contribution in [0.15, 0.2) is 6.07 Å². The van der Waals surface area contributed by atoms with Crippen molar-refractivity contribution in [3.63, 3.8) is 0 Å². The lowest BCUT2D eigenvalue weighted by atomic mass is 10.2. The van der Waals surface area contributed by atoms with Gasteiger partial charge in [-0.2, -0.15) is 0 Å². The van der Waals surface area contributed by atoms with E-state index in [1.807, 2.05) is 11.5 Å². The van der Waals surface area contributed by atoms with Gasteiger partial charge in [-0.1, -0.05) is 6.92 Å². The van der Waals surface area contributed by atoms with Crippen molar-refractivity contribution in [1.29, 1.82) is 0 Å². The number of aldehydes is 1. The van der Waals surface area contributed by atoms with E-state index in [0.717, 1.165) is 36.2 Å². The van der Waals surface area contributed by atoms with Crippen LogP contribution in [-0.2, 0) is 17.7 Å². The third-order valence-electron chi connectivity index (χ3n) is 2.44. The molecule has 0 saturated heterocycles. The average molecular weight is 195 g/mol. The summed E-state index contributed by atoms with van der Waals surface area (Å²) < 4.78 is 7.02. The summed E-state index contributed by atoms with van der Waals surface area (Å²) in [6.45, 7) is 5.46. The molecule has 0 N–H and O–H groups in total. The van der Waals surface area contributed by atoms with Gasteiger partial charge in [0.05, 0.1) is 12.3 Å². The number of ether oxygens (including phenoxy) is 1. The first kappa shape index (κ1) is 11.0. The first-order valence-electron chi connectivity index (χ1n) is 4.87. The van der Waals surface area contributed by atoms with Gasteiger partial charge in [0, 0.05) is 19.3 Å². The van der Waals surface area contributed by atoms with Crippen molar-refractivity contribution in [2.75, 3.05) is 13.7 Å². The minimum absolute atomic E-state index is 0.638. The number of rotatable bonds is 5. The smallest absolute Gasteiger partial charge is 0.166 e. The van der Waals surface area contributed by atoms with Gasteiger partial charge in [0.1, 0.15) is 0 Å². The fraction of sp³-hybridized carbons (Fsp3) is 0.545. The normalized spacial score (nSPS) is 10.5. The largest absolute Gasteiger partial charge is 0.383 e. The molecule has 1 aromatic heterocycles. The third kappa shape index (κ3) is 2.04. The number of carbonyl (C=O) groups is 1. The second-order valence-corrected chi connectivity index (χ2v) is 3.31. The maximum absolute atomic E-state index is 10.9. The monoisotopic (exact) mass is 195 g/mol. The number of hydrogen-bond donors (Lipinski definition) is 0. The Morgan fingerprint density at radius 1 is 1.57 bits per heavy atom. The van der Waals surface area contributed by atoms with Crippen molar-refractivity contribution in [1.82, 2.24) is 4.57 Å². The van der Waals surface area contributed by atoms with Crippen LogP contribution in [0.4, 0.5) is 0 Å². The zero-order chi connectivity index (χ0) is 10.6. The van der Waals surface area contributed by atoms with Gasteiger partial charge >= 0.3 is 0 Å². The summed E-state index contributed by atoms with van der Waals surface area (Å²) in [5.41, 5.74) is 3.04. The summed E-state index contributed by atoms with van der Waals surface area (Å²) in [5.74, 6) is 0. The maximum Gasteiger partial charge on any atom is 0.166 e. The Bertz CT molecular complexity index is 315. The fourth-order valence-corrected chi connectivity index (χ4v) is 1.67. The molecule has 0 radical (unpaired) electrons. The molecule has 1 aromatic rings. The Hall–Kier alpha value is -1.09. The lowest BCUT2D eigenvalue weighted by molar-refractivity contribution is 0.111. The van der Waals surface area contributed by atoms with E-state index >= 15 is 0 Å². The van der Waals surface area contributed by atoms with Crippen molar-refractivity contribution >= 4 is 6.29 Å². The van der Waals surface area contributed by atoms with E-state index in [1.165, 1.54) is 0 Å². The minimum Gasteiger partial charge on any atom is -0.383 e. The molecule has 3 nitrogen and oxygen atoms in total. The van der Waals surface area contributed by atoms with E-state index in [0.29, 0.717) is 6.61 Å². The highest BCUT2D eigenvalue weighted by molar-refractivity contribution is 5.75. The van der Waals surface area contributed by atoms with Gasteiger partial charge in [-0.05, 0) is 25.0 Å². The van der Waals surface area contributed by atoms with Crippen LogP contribution < -0.4 is 0 Å². The lowest BCUT2D eigenvalue weighted by Gasteiger charge is -2.07. The second-order valence-electron chi connectivity index (χ2n) is 3.31. The Morgan fingerprint density at radius 2 is 2.29 bits per heavy atom. The molecule has 0 bridgehead atoms.